The summed E-state index contributed by atoms with van der Waals surface area (Å²) in [6.07, 6.45) is 3.74. The molecule has 0 aliphatic heterocycles. The van der Waals surface area contributed by atoms with E-state index < -0.39 is 11.5 Å². The molecule has 1 aromatic rings. The SMILES string of the molecule is CCCC(CCC)(C(=O)O)n1cnc(C#N)n1. The van der Waals surface area contributed by atoms with Gasteiger partial charge in [0, 0.05) is 0 Å². The number of aromatic nitrogens is 3. The van der Waals surface area contributed by atoms with Gasteiger partial charge in [-0.15, -0.1) is 5.10 Å². The molecule has 0 unspecified atom stereocenters. The van der Waals surface area contributed by atoms with Crippen LogP contribution in [0.1, 0.15) is 45.4 Å². The van der Waals surface area contributed by atoms with E-state index in [2.05, 4.69) is 10.1 Å². The number of nitriles is 1. The van der Waals surface area contributed by atoms with Crippen LogP contribution in [-0.2, 0) is 10.3 Å². The van der Waals surface area contributed by atoms with Crippen molar-refractivity contribution in [1.29, 1.82) is 5.26 Å². The molecule has 92 valence electrons. The molecule has 0 aromatic carbocycles. The Morgan fingerprint density at radius 3 is 2.47 bits per heavy atom. The van der Waals surface area contributed by atoms with Crippen molar-refractivity contribution in [3.05, 3.63) is 12.2 Å². The molecule has 17 heavy (non-hydrogen) atoms. The standard InChI is InChI=1S/C11H16N4O2/c1-3-5-11(6-4-2,10(16)17)15-8-13-9(7-12)14-15/h8H,3-6H2,1-2H3,(H,16,17). The second-order valence-corrected chi connectivity index (χ2v) is 3.96. The summed E-state index contributed by atoms with van der Waals surface area (Å²) in [6, 6.07) is 1.81. The summed E-state index contributed by atoms with van der Waals surface area (Å²) in [5, 5.41) is 22.1. The summed E-state index contributed by atoms with van der Waals surface area (Å²) in [5.41, 5.74) is -1.08. The molecule has 0 radical (unpaired) electrons. The van der Waals surface area contributed by atoms with Gasteiger partial charge in [0.05, 0.1) is 0 Å². The lowest BCUT2D eigenvalue weighted by molar-refractivity contribution is -0.149. The fraction of sp³-hybridized carbons (Fsp3) is 0.636. The first-order valence-electron chi connectivity index (χ1n) is 5.66. The van der Waals surface area contributed by atoms with Crippen molar-refractivity contribution >= 4 is 5.97 Å². The summed E-state index contributed by atoms with van der Waals surface area (Å²) >= 11 is 0. The second-order valence-electron chi connectivity index (χ2n) is 3.96. The van der Waals surface area contributed by atoms with Crippen molar-refractivity contribution in [2.24, 2.45) is 0 Å². The minimum atomic E-state index is -1.08. The maximum atomic E-state index is 11.5. The van der Waals surface area contributed by atoms with Crippen LogP contribution in [-0.4, -0.2) is 25.8 Å². The monoisotopic (exact) mass is 236 g/mol. The quantitative estimate of drug-likeness (QED) is 0.808. The maximum absolute atomic E-state index is 11.5. The Hall–Kier alpha value is -1.90. The third-order valence-electron chi connectivity index (χ3n) is 2.76. The van der Waals surface area contributed by atoms with E-state index >= 15 is 0 Å². The highest BCUT2D eigenvalue weighted by Gasteiger charge is 2.40. The largest absolute Gasteiger partial charge is 0.479 e. The van der Waals surface area contributed by atoms with Gasteiger partial charge in [-0.25, -0.2) is 14.5 Å². The Balaban J connectivity index is 3.20. The molecule has 0 amide bonds. The molecule has 6 heteroatoms. The van der Waals surface area contributed by atoms with Gasteiger partial charge in [-0.3, -0.25) is 0 Å². The van der Waals surface area contributed by atoms with Crippen molar-refractivity contribution in [2.45, 2.75) is 45.1 Å². The summed E-state index contributed by atoms with van der Waals surface area (Å²) in [6.45, 7) is 3.85. The third-order valence-corrected chi connectivity index (χ3v) is 2.76. The van der Waals surface area contributed by atoms with Crippen LogP contribution in [0.15, 0.2) is 6.33 Å². The molecule has 0 saturated carbocycles. The molecule has 0 atom stereocenters. The van der Waals surface area contributed by atoms with Crippen LogP contribution in [0, 0.1) is 11.3 Å². The minimum Gasteiger partial charge on any atom is -0.479 e. The number of nitrogens with zero attached hydrogens (tertiary/aromatic N) is 4. The molecular formula is C11H16N4O2. The van der Waals surface area contributed by atoms with Gasteiger partial charge in [-0.05, 0) is 12.8 Å². The lowest BCUT2D eigenvalue weighted by Gasteiger charge is -2.28. The van der Waals surface area contributed by atoms with Gasteiger partial charge < -0.3 is 5.11 Å². The molecule has 0 bridgehead atoms. The van der Waals surface area contributed by atoms with E-state index in [9.17, 15) is 9.90 Å². The van der Waals surface area contributed by atoms with Crippen LogP contribution in [0.2, 0.25) is 0 Å². The molecule has 1 N–H and O–H groups in total. The minimum absolute atomic E-state index is 0.00262. The third kappa shape index (κ3) is 2.44. The number of hydrogen-bond acceptors (Lipinski definition) is 4. The molecule has 6 nitrogen and oxygen atoms in total. The van der Waals surface area contributed by atoms with E-state index in [0.717, 1.165) is 12.8 Å². The first-order valence-corrected chi connectivity index (χ1v) is 5.66. The average molecular weight is 236 g/mol. The van der Waals surface area contributed by atoms with E-state index in [0.29, 0.717) is 12.8 Å². The van der Waals surface area contributed by atoms with Gasteiger partial charge in [0.15, 0.2) is 5.54 Å². The van der Waals surface area contributed by atoms with Crippen molar-refractivity contribution in [2.75, 3.05) is 0 Å². The van der Waals surface area contributed by atoms with E-state index in [1.54, 1.807) is 6.07 Å². The first kappa shape index (κ1) is 13.2. The van der Waals surface area contributed by atoms with Crippen molar-refractivity contribution in [3.63, 3.8) is 0 Å². The van der Waals surface area contributed by atoms with Crippen LogP contribution >= 0.6 is 0 Å². The number of hydrogen-bond donors (Lipinski definition) is 1. The fourth-order valence-electron chi connectivity index (χ4n) is 2.01. The molecule has 0 aliphatic carbocycles. The lowest BCUT2D eigenvalue weighted by atomic mass is 9.89. The van der Waals surface area contributed by atoms with Gasteiger partial charge in [-0.2, -0.15) is 5.26 Å². The Morgan fingerprint density at radius 1 is 1.53 bits per heavy atom. The number of rotatable bonds is 6. The second kappa shape index (κ2) is 5.43. The topological polar surface area (TPSA) is 91.8 Å². The molecule has 1 rings (SSSR count). The normalized spacial score (nSPS) is 11.1. The van der Waals surface area contributed by atoms with Gasteiger partial charge in [0.1, 0.15) is 12.4 Å². The van der Waals surface area contributed by atoms with Gasteiger partial charge in [-0.1, -0.05) is 26.7 Å². The van der Waals surface area contributed by atoms with Gasteiger partial charge in [0.25, 0.3) is 5.82 Å². The van der Waals surface area contributed by atoms with Gasteiger partial charge >= 0.3 is 5.97 Å². The number of aliphatic carboxylic acids is 1. The zero-order valence-corrected chi connectivity index (χ0v) is 10.1. The number of carboxylic acids is 1. The molecule has 1 heterocycles. The van der Waals surface area contributed by atoms with E-state index in [1.165, 1.54) is 11.0 Å². The predicted molar refractivity (Wildman–Crippen MR) is 60.2 cm³/mol. The Labute approximate surface area is 99.9 Å². The van der Waals surface area contributed by atoms with Crippen LogP contribution in [0.5, 0.6) is 0 Å². The predicted octanol–water partition coefficient (Wildman–Crippen LogP) is 1.53. The van der Waals surface area contributed by atoms with Crippen LogP contribution in [0.4, 0.5) is 0 Å². The number of carboxylic acid groups (broad SMARTS) is 1. The summed E-state index contributed by atoms with van der Waals surface area (Å²) in [5.74, 6) is -0.918. The lowest BCUT2D eigenvalue weighted by Crippen LogP contribution is -2.42. The zero-order chi connectivity index (χ0) is 12.9. The summed E-state index contributed by atoms with van der Waals surface area (Å²) in [7, 11) is 0. The molecule has 0 fully saturated rings. The van der Waals surface area contributed by atoms with Crippen LogP contribution in [0.3, 0.4) is 0 Å². The highest BCUT2D eigenvalue weighted by atomic mass is 16.4. The Morgan fingerprint density at radius 2 is 2.12 bits per heavy atom. The first-order chi connectivity index (χ1) is 8.10. The van der Waals surface area contributed by atoms with E-state index in [-0.39, 0.29) is 5.82 Å². The Kier molecular flexibility index (Phi) is 4.21. The smallest absolute Gasteiger partial charge is 0.331 e. The number of carbonyl (C=O) groups is 1. The van der Waals surface area contributed by atoms with Crippen LogP contribution in [0.25, 0.3) is 0 Å². The molecule has 0 aliphatic rings. The zero-order valence-electron chi connectivity index (χ0n) is 10.1. The Bertz CT molecular complexity index is 427. The van der Waals surface area contributed by atoms with Crippen LogP contribution < -0.4 is 0 Å². The van der Waals surface area contributed by atoms with Crippen molar-refractivity contribution < 1.29 is 9.90 Å². The summed E-state index contributed by atoms with van der Waals surface area (Å²) < 4.78 is 1.32. The van der Waals surface area contributed by atoms with Crippen molar-refractivity contribution in [1.82, 2.24) is 14.8 Å². The highest BCUT2D eigenvalue weighted by molar-refractivity contribution is 5.76. The molecule has 0 spiro atoms. The molecular weight excluding hydrogens is 220 g/mol. The fourth-order valence-corrected chi connectivity index (χ4v) is 2.01. The van der Waals surface area contributed by atoms with E-state index in [1.807, 2.05) is 13.8 Å². The molecule has 0 saturated heterocycles. The van der Waals surface area contributed by atoms with Gasteiger partial charge in [0.2, 0.25) is 0 Å². The van der Waals surface area contributed by atoms with Crippen molar-refractivity contribution in [3.8, 4) is 6.07 Å². The molecule has 1 aromatic heterocycles. The maximum Gasteiger partial charge on any atom is 0.331 e. The summed E-state index contributed by atoms with van der Waals surface area (Å²) in [4.78, 5) is 15.3. The highest BCUT2D eigenvalue weighted by Crippen LogP contribution is 2.28. The average Bonchev–Trinajstić information content (AvgIpc) is 2.77. The van der Waals surface area contributed by atoms with E-state index in [4.69, 9.17) is 5.26 Å².